The van der Waals surface area contributed by atoms with E-state index in [0.717, 1.165) is 30.4 Å². The van der Waals surface area contributed by atoms with Gasteiger partial charge >= 0.3 is 5.97 Å². The first-order chi connectivity index (χ1) is 13.8. The number of nitrogens with zero attached hydrogens (tertiary/aromatic N) is 1. The summed E-state index contributed by atoms with van der Waals surface area (Å²) in [6.07, 6.45) is 2.94. The number of aryl methyl sites for hydroxylation is 2. The first-order valence-corrected chi connectivity index (χ1v) is 10.2. The SMILES string of the molecule is Cc1ccc(NC(=O)COC(=O)CCN2C(=O)[C@H]3[C@H]4CC[C@@H](C4)[C@@H]3C2=O)c(C)c1. The average molecular weight is 398 g/mol. The highest BCUT2D eigenvalue weighted by Gasteiger charge is 2.60. The summed E-state index contributed by atoms with van der Waals surface area (Å²) >= 11 is 0. The lowest BCUT2D eigenvalue weighted by Crippen LogP contribution is -2.35. The van der Waals surface area contributed by atoms with Crippen LogP contribution in [-0.2, 0) is 23.9 Å². The Morgan fingerprint density at radius 2 is 1.76 bits per heavy atom. The van der Waals surface area contributed by atoms with Crippen molar-refractivity contribution in [3.05, 3.63) is 29.3 Å². The summed E-state index contributed by atoms with van der Waals surface area (Å²) in [4.78, 5) is 50.5. The van der Waals surface area contributed by atoms with Gasteiger partial charge in [0.2, 0.25) is 11.8 Å². The molecule has 2 aliphatic carbocycles. The van der Waals surface area contributed by atoms with Gasteiger partial charge in [-0.05, 0) is 56.6 Å². The summed E-state index contributed by atoms with van der Waals surface area (Å²) in [6, 6.07) is 5.65. The predicted octanol–water partition coefficient (Wildman–Crippen LogP) is 2.21. The molecule has 3 amide bonds. The molecule has 1 saturated heterocycles. The molecule has 3 aliphatic rings. The second-order valence-corrected chi connectivity index (χ2v) is 8.49. The first kappa shape index (κ1) is 19.6. The van der Waals surface area contributed by atoms with Crippen molar-refractivity contribution in [2.24, 2.45) is 23.7 Å². The van der Waals surface area contributed by atoms with Gasteiger partial charge in [-0.25, -0.2) is 0 Å². The average Bonchev–Trinajstić information content (AvgIpc) is 3.35. The fourth-order valence-electron chi connectivity index (χ4n) is 5.25. The van der Waals surface area contributed by atoms with Crippen LogP contribution in [0.15, 0.2) is 18.2 Å². The molecule has 0 aromatic heterocycles. The number of benzene rings is 1. The van der Waals surface area contributed by atoms with Crippen molar-refractivity contribution in [2.45, 2.75) is 39.5 Å². The number of anilines is 1. The van der Waals surface area contributed by atoms with Gasteiger partial charge < -0.3 is 10.1 Å². The topological polar surface area (TPSA) is 92.8 Å². The van der Waals surface area contributed by atoms with Gasteiger partial charge in [-0.2, -0.15) is 0 Å². The van der Waals surface area contributed by atoms with E-state index in [9.17, 15) is 19.2 Å². The Bertz CT molecular complexity index is 852. The van der Waals surface area contributed by atoms with Crippen molar-refractivity contribution in [3.8, 4) is 0 Å². The number of hydrogen-bond donors (Lipinski definition) is 1. The lowest BCUT2D eigenvalue weighted by Gasteiger charge is -2.19. The smallest absolute Gasteiger partial charge is 0.308 e. The van der Waals surface area contributed by atoms with E-state index in [4.69, 9.17) is 4.74 Å². The minimum absolute atomic E-state index is 0.0294. The van der Waals surface area contributed by atoms with Crippen LogP contribution in [-0.4, -0.2) is 41.7 Å². The summed E-state index contributed by atoms with van der Waals surface area (Å²) in [7, 11) is 0. The highest BCUT2D eigenvalue weighted by Crippen LogP contribution is 2.56. The number of ether oxygens (including phenoxy) is 1. The third-order valence-electron chi connectivity index (χ3n) is 6.58. The summed E-state index contributed by atoms with van der Waals surface area (Å²) in [5, 5.41) is 2.71. The van der Waals surface area contributed by atoms with Crippen LogP contribution in [0.1, 0.15) is 36.8 Å². The van der Waals surface area contributed by atoms with Gasteiger partial charge in [-0.3, -0.25) is 24.1 Å². The predicted molar refractivity (Wildman–Crippen MR) is 105 cm³/mol. The van der Waals surface area contributed by atoms with Gasteiger partial charge in [0.25, 0.3) is 5.91 Å². The van der Waals surface area contributed by atoms with Crippen LogP contribution in [0, 0.1) is 37.5 Å². The van der Waals surface area contributed by atoms with Crippen LogP contribution >= 0.6 is 0 Å². The number of fused-ring (bicyclic) bond motifs is 5. The molecule has 3 fully saturated rings. The number of carbonyl (C=O) groups excluding carboxylic acids is 4. The van der Waals surface area contributed by atoms with Crippen LogP contribution in [0.3, 0.4) is 0 Å². The van der Waals surface area contributed by atoms with E-state index in [0.29, 0.717) is 17.5 Å². The van der Waals surface area contributed by atoms with E-state index in [-0.39, 0.29) is 36.6 Å². The monoisotopic (exact) mass is 398 g/mol. The molecule has 1 heterocycles. The van der Waals surface area contributed by atoms with Gasteiger partial charge in [0, 0.05) is 12.2 Å². The third-order valence-corrected chi connectivity index (χ3v) is 6.58. The van der Waals surface area contributed by atoms with E-state index >= 15 is 0 Å². The van der Waals surface area contributed by atoms with E-state index in [1.165, 1.54) is 4.90 Å². The molecule has 154 valence electrons. The maximum atomic E-state index is 12.6. The molecular weight excluding hydrogens is 372 g/mol. The fourth-order valence-corrected chi connectivity index (χ4v) is 5.25. The van der Waals surface area contributed by atoms with E-state index in [1.807, 2.05) is 26.0 Å². The maximum Gasteiger partial charge on any atom is 0.308 e. The second kappa shape index (κ2) is 7.61. The van der Waals surface area contributed by atoms with Crippen molar-refractivity contribution >= 4 is 29.4 Å². The first-order valence-electron chi connectivity index (χ1n) is 10.2. The van der Waals surface area contributed by atoms with Gasteiger partial charge in [0.1, 0.15) is 0 Å². The van der Waals surface area contributed by atoms with E-state index < -0.39 is 18.5 Å². The minimum Gasteiger partial charge on any atom is -0.456 e. The molecule has 0 spiro atoms. The zero-order valence-electron chi connectivity index (χ0n) is 16.8. The van der Waals surface area contributed by atoms with Crippen molar-refractivity contribution in [3.63, 3.8) is 0 Å². The Hall–Kier alpha value is -2.70. The molecule has 0 radical (unpaired) electrons. The number of likely N-dealkylation sites (tertiary alicyclic amines) is 1. The molecule has 1 N–H and O–H groups in total. The summed E-state index contributed by atoms with van der Waals surface area (Å²) in [5.41, 5.74) is 2.69. The molecule has 4 rings (SSSR count). The Morgan fingerprint density at radius 1 is 1.10 bits per heavy atom. The molecule has 2 saturated carbocycles. The molecule has 7 nitrogen and oxygen atoms in total. The molecule has 0 unspecified atom stereocenters. The quantitative estimate of drug-likeness (QED) is 0.586. The molecule has 7 heteroatoms. The number of rotatable bonds is 6. The lowest BCUT2D eigenvalue weighted by molar-refractivity contribution is -0.149. The van der Waals surface area contributed by atoms with Gasteiger partial charge in [-0.1, -0.05) is 17.7 Å². The van der Waals surface area contributed by atoms with Gasteiger partial charge in [0.05, 0.1) is 18.3 Å². The summed E-state index contributed by atoms with van der Waals surface area (Å²) in [5.74, 6) is -0.993. The summed E-state index contributed by atoms with van der Waals surface area (Å²) < 4.78 is 5.02. The normalized spacial score (nSPS) is 27.3. The van der Waals surface area contributed by atoms with Crippen molar-refractivity contribution < 1.29 is 23.9 Å². The second-order valence-electron chi connectivity index (χ2n) is 8.49. The Kier molecular flexibility index (Phi) is 5.15. The van der Waals surface area contributed by atoms with Crippen LogP contribution in [0.2, 0.25) is 0 Å². The number of imide groups is 1. The van der Waals surface area contributed by atoms with Crippen LogP contribution in [0.25, 0.3) is 0 Å². The third kappa shape index (κ3) is 3.66. The van der Waals surface area contributed by atoms with Gasteiger partial charge in [-0.15, -0.1) is 0 Å². The lowest BCUT2D eigenvalue weighted by atomic mass is 9.81. The van der Waals surface area contributed by atoms with Crippen molar-refractivity contribution in [1.29, 1.82) is 0 Å². The summed E-state index contributed by atoms with van der Waals surface area (Å²) in [6.45, 7) is 3.49. The van der Waals surface area contributed by atoms with Crippen LogP contribution in [0.4, 0.5) is 5.69 Å². The van der Waals surface area contributed by atoms with Crippen LogP contribution in [0.5, 0.6) is 0 Å². The van der Waals surface area contributed by atoms with Crippen molar-refractivity contribution in [1.82, 2.24) is 4.90 Å². The zero-order chi connectivity index (χ0) is 20.7. The van der Waals surface area contributed by atoms with Gasteiger partial charge in [0.15, 0.2) is 6.61 Å². The molecule has 29 heavy (non-hydrogen) atoms. The zero-order valence-corrected chi connectivity index (χ0v) is 16.8. The Balaban J connectivity index is 1.24. The maximum absolute atomic E-state index is 12.6. The molecule has 1 aromatic carbocycles. The molecule has 1 aromatic rings. The highest BCUT2D eigenvalue weighted by atomic mass is 16.5. The molecular formula is C22H26N2O5. The number of carbonyl (C=O) groups is 4. The Morgan fingerprint density at radius 3 is 2.38 bits per heavy atom. The van der Waals surface area contributed by atoms with E-state index in [1.54, 1.807) is 6.07 Å². The van der Waals surface area contributed by atoms with E-state index in [2.05, 4.69) is 5.32 Å². The number of hydrogen-bond acceptors (Lipinski definition) is 5. The van der Waals surface area contributed by atoms with Crippen molar-refractivity contribution in [2.75, 3.05) is 18.5 Å². The standard InChI is InChI=1S/C22H26N2O5/c1-12-3-6-16(13(2)9-12)23-17(25)11-29-18(26)7-8-24-21(27)19-14-4-5-15(10-14)20(19)22(24)28/h3,6,9,14-15,19-20H,4-5,7-8,10-11H2,1-2H3,(H,23,25)/t14-,15-,19-,20-/m0/s1. The fraction of sp³-hybridized carbons (Fsp3) is 0.545. The highest BCUT2D eigenvalue weighted by molar-refractivity contribution is 6.06. The molecule has 4 atom stereocenters. The molecule has 2 bridgehead atoms. The number of nitrogens with one attached hydrogen (secondary N) is 1. The molecule has 1 aliphatic heterocycles. The minimum atomic E-state index is -0.596. The Labute approximate surface area is 169 Å². The van der Waals surface area contributed by atoms with Crippen LogP contribution < -0.4 is 5.32 Å². The largest absolute Gasteiger partial charge is 0.456 e. The number of amides is 3. The number of esters is 1.